The van der Waals surface area contributed by atoms with E-state index in [2.05, 4.69) is 18.2 Å². The van der Waals surface area contributed by atoms with Crippen molar-refractivity contribution < 1.29 is 0 Å². The highest BCUT2D eigenvalue weighted by Gasteiger charge is 2.13. The molecule has 1 heterocycles. The summed E-state index contributed by atoms with van der Waals surface area (Å²) in [5.74, 6) is 0. The molecular weight excluding hydrogens is 222 g/mol. The van der Waals surface area contributed by atoms with Crippen molar-refractivity contribution in [2.75, 3.05) is 6.54 Å². The molecule has 0 fully saturated rings. The normalized spacial score (nSPS) is 14.7. The molecule has 0 bridgehead atoms. The minimum Gasteiger partial charge on any atom is -0.330 e. The molecule has 2 aromatic rings. The number of aryl methyl sites for hydroxylation is 3. The highest BCUT2D eigenvalue weighted by atomic mass is 14.8. The molecule has 1 aromatic heterocycles. The number of hydrogen-bond acceptors (Lipinski definition) is 3. The van der Waals surface area contributed by atoms with E-state index in [0.29, 0.717) is 0 Å². The number of benzene rings is 1. The third-order valence-electron chi connectivity index (χ3n) is 3.63. The molecule has 0 aliphatic heterocycles. The van der Waals surface area contributed by atoms with Gasteiger partial charge >= 0.3 is 0 Å². The van der Waals surface area contributed by atoms with E-state index in [1.165, 1.54) is 29.8 Å². The van der Waals surface area contributed by atoms with Gasteiger partial charge < -0.3 is 5.73 Å². The molecule has 3 nitrogen and oxygen atoms in total. The Morgan fingerprint density at radius 3 is 2.44 bits per heavy atom. The van der Waals surface area contributed by atoms with Crippen LogP contribution in [0.1, 0.15) is 36.2 Å². The molecule has 0 saturated heterocycles. The predicted molar refractivity (Wildman–Crippen MR) is 73.6 cm³/mol. The van der Waals surface area contributed by atoms with E-state index in [1.807, 2.05) is 0 Å². The quantitative estimate of drug-likeness (QED) is 0.897. The number of aromatic nitrogens is 2. The van der Waals surface area contributed by atoms with E-state index in [9.17, 15) is 0 Å². The van der Waals surface area contributed by atoms with Crippen molar-refractivity contribution in [3.63, 3.8) is 0 Å². The lowest BCUT2D eigenvalue weighted by molar-refractivity contribution is 0.655. The molecule has 0 saturated carbocycles. The Morgan fingerprint density at radius 1 is 1.00 bits per heavy atom. The SMILES string of the molecule is NCCCc1ccc2nc3c(nc2c1)CCCC3. The van der Waals surface area contributed by atoms with Crippen LogP contribution >= 0.6 is 0 Å². The fourth-order valence-corrected chi connectivity index (χ4v) is 2.62. The zero-order valence-electron chi connectivity index (χ0n) is 10.7. The van der Waals surface area contributed by atoms with Crippen LogP contribution in [0, 0.1) is 0 Å². The first-order valence-corrected chi connectivity index (χ1v) is 6.85. The number of nitrogens with two attached hydrogens (primary N) is 1. The summed E-state index contributed by atoms with van der Waals surface area (Å²) in [4.78, 5) is 9.54. The Hall–Kier alpha value is -1.48. The van der Waals surface area contributed by atoms with E-state index >= 15 is 0 Å². The van der Waals surface area contributed by atoms with Gasteiger partial charge in [0, 0.05) is 0 Å². The van der Waals surface area contributed by atoms with Gasteiger partial charge in [0.25, 0.3) is 0 Å². The summed E-state index contributed by atoms with van der Waals surface area (Å²) < 4.78 is 0. The van der Waals surface area contributed by atoms with Crippen LogP contribution in [-0.2, 0) is 19.3 Å². The first-order valence-electron chi connectivity index (χ1n) is 6.85. The molecule has 3 heteroatoms. The lowest BCUT2D eigenvalue weighted by Crippen LogP contribution is -2.08. The highest BCUT2D eigenvalue weighted by Crippen LogP contribution is 2.21. The third-order valence-corrected chi connectivity index (χ3v) is 3.63. The van der Waals surface area contributed by atoms with Crippen molar-refractivity contribution in [3.8, 4) is 0 Å². The maximum atomic E-state index is 5.55. The molecule has 0 atom stereocenters. The second-order valence-electron chi connectivity index (χ2n) is 5.04. The second kappa shape index (κ2) is 5.02. The van der Waals surface area contributed by atoms with Crippen LogP contribution in [0.2, 0.25) is 0 Å². The summed E-state index contributed by atoms with van der Waals surface area (Å²) >= 11 is 0. The van der Waals surface area contributed by atoms with Crippen LogP contribution in [0.15, 0.2) is 18.2 Å². The van der Waals surface area contributed by atoms with Gasteiger partial charge in [-0.3, -0.25) is 0 Å². The topological polar surface area (TPSA) is 51.8 Å². The highest BCUT2D eigenvalue weighted by molar-refractivity contribution is 5.75. The Bertz CT molecular complexity index is 563. The average molecular weight is 241 g/mol. The van der Waals surface area contributed by atoms with Gasteiger partial charge in [-0.2, -0.15) is 0 Å². The molecule has 1 aliphatic rings. The molecule has 94 valence electrons. The van der Waals surface area contributed by atoms with Crippen LogP contribution in [0.3, 0.4) is 0 Å². The van der Waals surface area contributed by atoms with Crippen LogP contribution in [0.5, 0.6) is 0 Å². The summed E-state index contributed by atoms with van der Waals surface area (Å²) in [5.41, 5.74) is 11.4. The van der Waals surface area contributed by atoms with Crippen LogP contribution in [-0.4, -0.2) is 16.5 Å². The zero-order valence-corrected chi connectivity index (χ0v) is 10.7. The number of hydrogen-bond donors (Lipinski definition) is 1. The van der Waals surface area contributed by atoms with Crippen LogP contribution < -0.4 is 5.73 Å². The van der Waals surface area contributed by atoms with Gasteiger partial charge in [0.05, 0.1) is 22.4 Å². The van der Waals surface area contributed by atoms with Crippen LogP contribution in [0.4, 0.5) is 0 Å². The van der Waals surface area contributed by atoms with Crippen molar-refractivity contribution in [1.82, 2.24) is 9.97 Å². The van der Waals surface area contributed by atoms with Gasteiger partial charge in [-0.05, 0) is 62.8 Å². The van der Waals surface area contributed by atoms with Gasteiger partial charge in [0.2, 0.25) is 0 Å². The summed E-state index contributed by atoms with van der Waals surface area (Å²) in [6, 6.07) is 6.43. The molecule has 2 N–H and O–H groups in total. The van der Waals surface area contributed by atoms with E-state index in [0.717, 1.165) is 43.3 Å². The fraction of sp³-hybridized carbons (Fsp3) is 0.467. The molecule has 1 aliphatic carbocycles. The van der Waals surface area contributed by atoms with Crippen molar-refractivity contribution in [1.29, 1.82) is 0 Å². The van der Waals surface area contributed by atoms with Gasteiger partial charge in [-0.15, -0.1) is 0 Å². The first kappa shape index (κ1) is 11.6. The number of fused-ring (bicyclic) bond motifs is 2. The lowest BCUT2D eigenvalue weighted by atomic mass is 10.00. The molecule has 1 aromatic carbocycles. The molecular formula is C15H19N3. The molecule has 3 rings (SSSR count). The maximum Gasteiger partial charge on any atom is 0.0893 e. The molecule has 18 heavy (non-hydrogen) atoms. The summed E-state index contributed by atoms with van der Waals surface area (Å²) in [6.07, 6.45) is 6.75. The monoisotopic (exact) mass is 241 g/mol. The summed E-state index contributed by atoms with van der Waals surface area (Å²) in [7, 11) is 0. The van der Waals surface area contributed by atoms with Crippen molar-refractivity contribution >= 4 is 11.0 Å². The van der Waals surface area contributed by atoms with Crippen LogP contribution in [0.25, 0.3) is 11.0 Å². The van der Waals surface area contributed by atoms with Gasteiger partial charge in [-0.1, -0.05) is 6.07 Å². The van der Waals surface area contributed by atoms with E-state index < -0.39 is 0 Å². The van der Waals surface area contributed by atoms with Gasteiger partial charge in [0.15, 0.2) is 0 Å². The average Bonchev–Trinajstić information content (AvgIpc) is 2.42. The fourth-order valence-electron chi connectivity index (χ4n) is 2.62. The van der Waals surface area contributed by atoms with E-state index in [-0.39, 0.29) is 0 Å². The lowest BCUT2D eigenvalue weighted by Gasteiger charge is -2.14. The van der Waals surface area contributed by atoms with Gasteiger partial charge in [-0.25, -0.2) is 9.97 Å². The number of rotatable bonds is 3. The predicted octanol–water partition coefficient (Wildman–Crippen LogP) is 2.40. The van der Waals surface area contributed by atoms with Gasteiger partial charge in [0.1, 0.15) is 0 Å². The third kappa shape index (κ3) is 2.23. The van der Waals surface area contributed by atoms with Crippen molar-refractivity contribution in [2.24, 2.45) is 5.73 Å². The van der Waals surface area contributed by atoms with Crippen molar-refractivity contribution in [3.05, 3.63) is 35.2 Å². The van der Waals surface area contributed by atoms with Crippen molar-refractivity contribution in [2.45, 2.75) is 38.5 Å². The Balaban J connectivity index is 1.99. The standard InChI is InChI=1S/C15H19N3/c16-9-3-4-11-7-8-14-15(10-11)18-13-6-2-1-5-12(13)17-14/h7-8,10H,1-6,9,16H2. The Labute approximate surface area is 107 Å². The summed E-state index contributed by atoms with van der Waals surface area (Å²) in [5, 5.41) is 0. The smallest absolute Gasteiger partial charge is 0.0893 e. The molecule has 0 amide bonds. The largest absolute Gasteiger partial charge is 0.330 e. The Morgan fingerprint density at radius 2 is 1.72 bits per heavy atom. The second-order valence-corrected chi connectivity index (χ2v) is 5.04. The number of nitrogens with zero attached hydrogens (tertiary/aromatic N) is 2. The molecule has 0 radical (unpaired) electrons. The zero-order chi connectivity index (χ0) is 12.4. The van der Waals surface area contributed by atoms with E-state index in [4.69, 9.17) is 15.7 Å². The maximum absolute atomic E-state index is 5.55. The minimum atomic E-state index is 0.744. The summed E-state index contributed by atoms with van der Waals surface area (Å²) in [6.45, 7) is 0.744. The minimum absolute atomic E-state index is 0.744. The molecule has 0 spiro atoms. The molecule has 0 unspecified atom stereocenters. The first-order chi connectivity index (χ1) is 8.86. The van der Waals surface area contributed by atoms with E-state index in [1.54, 1.807) is 0 Å². The Kier molecular flexibility index (Phi) is 3.24.